The van der Waals surface area contributed by atoms with E-state index in [-0.39, 0.29) is 0 Å². The molecule has 58 valence electrons. The van der Waals surface area contributed by atoms with Crippen molar-refractivity contribution in [1.29, 1.82) is 0 Å². The first-order valence-electron chi connectivity index (χ1n) is 3.03. The lowest BCUT2D eigenvalue weighted by atomic mass is 10.6. The smallest absolute Gasteiger partial charge is 0.163 e. The zero-order valence-electron chi connectivity index (χ0n) is 6.13. The normalized spacial score (nSPS) is 8.50. The molecule has 0 aromatic heterocycles. The molecule has 0 bridgehead atoms. The van der Waals surface area contributed by atoms with Gasteiger partial charge in [0.25, 0.3) is 0 Å². The Morgan fingerprint density at radius 1 is 1.90 bits per heavy atom. The van der Waals surface area contributed by atoms with Crippen molar-refractivity contribution in [2.75, 3.05) is 20.1 Å². The molecule has 0 saturated carbocycles. The Balaban J connectivity index is 3.19. The standard InChI is InChI=1S/C6H13N3S/c1-3-9(2)5-4-8-6(7)10/h3H,1,4-5H2,2H3,(H3,7,8,10). The third-order valence-corrected chi connectivity index (χ3v) is 1.22. The molecule has 4 heteroatoms. The maximum Gasteiger partial charge on any atom is 0.163 e. The van der Waals surface area contributed by atoms with Gasteiger partial charge in [-0.05, 0) is 18.4 Å². The van der Waals surface area contributed by atoms with Gasteiger partial charge in [-0.1, -0.05) is 6.58 Å². The Labute approximate surface area is 66.9 Å². The molecular weight excluding hydrogens is 146 g/mol. The van der Waals surface area contributed by atoms with Crippen molar-refractivity contribution < 1.29 is 0 Å². The lowest BCUT2D eigenvalue weighted by molar-refractivity contribution is 0.460. The summed E-state index contributed by atoms with van der Waals surface area (Å²) in [6, 6.07) is 0. The number of nitrogens with one attached hydrogen (secondary N) is 1. The number of thiocarbonyl (C=S) groups is 1. The Morgan fingerprint density at radius 3 is 2.90 bits per heavy atom. The summed E-state index contributed by atoms with van der Waals surface area (Å²) in [5.74, 6) is 0. The Hall–Kier alpha value is -0.770. The fourth-order valence-electron chi connectivity index (χ4n) is 0.447. The van der Waals surface area contributed by atoms with Crippen molar-refractivity contribution in [3.63, 3.8) is 0 Å². The highest BCUT2D eigenvalue weighted by Crippen LogP contribution is 1.77. The molecule has 10 heavy (non-hydrogen) atoms. The Morgan fingerprint density at radius 2 is 2.50 bits per heavy atom. The first-order chi connectivity index (χ1) is 4.66. The molecule has 0 aromatic rings. The van der Waals surface area contributed by atoms with Crippen LogP contribution in [0.15, 0.2) is 12.8 Å². The predicted molar refractivity (Wildman–Crippen MR) is 47.6 cm³/mol. The van der Waals surface area contributed by atoms with E-state index in [0.717, 1.165) is 13.1 Å². The van der Waals surface area contributed by atoms with Gasteiger partial charge < -0.3 is 16.0 Å². The summed E-state index contributed by atoms with van der Waals surface area (Å²) in [5, 5.41) is 3.18. The van der Waals surface area contributed by atoms with E-state index in [9.17, 15) is 0 Å². The van der Waals surface area contributed by atoms with Crippen molar-refractivity contribution in [3.05, 3.63) is 12.8 Å². The highest BCUT2D eigenvalue weighted by molar-refractivity contribution is 7.80. The summed E-state index contributed by atoms with van der Waals surface area (Å²) in [6.07, 6.45) is 1.75. The van der Waals surface area contributed by atoms with Crippen LogP contribution in [0.2, 0.25) is 0 Å². The minimum absolute atomic E-state index is 0.345. The second-order valence-corrected chi connectivity index (χ2v) is 2.39. The third kappa shape index (κ3) is 5.37. The van der Waals surface area contributed by atoms with Gasteiger partial charge >= 0.3 is 0 Å². The van der Waals surface area contributed by atoms with E-state index in [4.69, 9.17) is 5.73 Å². The molecule has 0 fully saturated rings. The molecule has 0 atom stereocenters. The SMILES string of the molecule is C=CN(C)CCNC(N)=S. The number of hydrogen-bond acceptors (Lipinski definition) is 2. The molecule has 0 aliphatic heterocycles. The third-order valence-electron chi connectivity index (χ3n) is 1.08. The number of nitrogens with zero attached hydrogens (tertiary/aromatic N) is 1. The lowest BCUT2D eigenvalue weighted by Crippen LogP contribution is -2.34. The Bertz CT molecular complexity index is 124. The summed E-state index contributed by atoms with van der Waals surface area (Å²) < 4.78 is 0. The number of nitrogens with two attached hydrogens (primary N) is 1. The summed E-state index contributed by atoms with van der Waals surface area (Å²) >= 11 is 4.61. The van der Waals surface area contributed by atoms with Crippen molar-refractivity contribution in [1.82, 2.24) is 10.2 Å². The van der Waals surface area contributed by atoms with Gasteiger partial charge in [0.1, 0.15) is 0 Å². The van der Waals surface area contributed by atoms with Crippen LogP contribution in [0.5, 0.6) is 0 Å². The van der Waals surface area contributed by atoms with Gasteiger partial charge in [-0.15, -0.1) is 0 Å². The topological polar surface area (TPSA) is 41.3 Å². The summed E-state index contributed by atoms with van der Waals surface area (Å²) in [5.41, 5.74) is 5.20. The molecule has 3 nitrogen and oxygen atoms in total. The van der Waals surface area contributed by atoms with Crippen molar-refractivity contribution in [2.45, 2.75) is 0 Å². The molecule has 0 aliphatic carbocycles. The second kappa shape index (κ2) is 5.05. The fourth-order valence-corrected chi connectivity index (χ4v) is 0.549. The van der Waals surface area contributed by atoms with Gasteiger partial charge in [0.15, 0.2) is 5.11 Å². The van der Waals surface area contributed by atoms with Crippen LogP contribution in [0.1, 0.15) is 0 Å². The fraction of sp³-hybridized carbons (Fsp3) is 0.500. The molecule has 0 amide bonds. The van der Waals surface area contributed by atoms with Crippen LogP contribution in [0.3, 0.4) is 0 Å². The van der Waals surface area contributed by atoms with E-state index in [1.54, 1.807) is 6.20 Å². The molecule has 0 rings (SSSR count). The van der Waals surface area contributed by atoms with Gasteiger partial charge in [0.05, 0.1) is 0 Å². The van der Waals surface area contributed by atoms with Crippen LogP contribution in [-0.4, -0.2) is 30.1 Å². The average Bonchev–Trinajstić information content (AvgIpc) is 1.87. The maximum absolute atomic E-state index is 5.20. The molecule has 0 radical (unpaired) electrons. The van der Waals surface area contributed by atoms with Crippen molar-refractivity contribution in [3.8, 4) is 0 Å². The zero-order chi connectivity index (χ0) is 7.98. The van der Waals surface area contributed by atoms with Gasteiger partial charge in [-0.2, -0.15) is 0 Å². The van der Waals surface area contributed by atoms with Gasteiger partial charge in [-0.25, -0.2) is 0 Å². The van der Waals surface area contributed by atoms with E-state index in [1.165, 1.54) is 0 Å². The molecule has 0 spiro atoms. The second-order valence-electron chi connectivity index (χ2n) is 1.95. The van der Waals surface area contributed by atoms with Crippen LogP contribution in [0.4, 0.5) is 0 Å². The quantitative estimate of drug-likeness (QED) is 0.562. The summed E-state index contributed by atoms with van der Waals surface area (Å²) in [7, 11) is 1.94. The monoisotopic (exact) mass is 159 g/mol. The van der Waals surface area contributed by atoms with Crippen LogP contribution >= 0.6 is 12.2 Å². The highest BCUT2D eigenvalue weighted by Gasteiger charge is 1.89. The Kier molecular flexibility index (Phi) is 4.66. The van der Waals surface area contributed by atoms with Crippen molar-refractivity contribution >= 4 is 17.3 Å². The van der Waals surface area contributed by atoms with E-state index in [2.05, 4.69) is 24.1 Å². The molecule has 0 unspecified atom stereocenters. The van der Waals surface area contributed by atoms with Crippen LogP contribution in [0, 0.1) is 0 Å². The largest absolute Gasteiger partial charge is 0.379 e. The number of rotatable bonds is 4. The number of likely N-dealkylation sites (N-methyl/N-ethyl adjacent to an activating group) is 1. The van der Waals surface area contributed by atoms with Gasteiger partial charge in [0.2, 0.25) is 0 Å². The van der Waals surface area contributed by atoms with E-state index < -0.39 is 0 Å². The first kappa shape index (κ1) is 9.23. The molecule has 0 aromatic carbocycles. The van der Waals surface area contributed by atoms with E-state index >= 15 is 0 Å². The van der Waals surface area contributed by atoms with Crippen LogP contribution < -0.4 is 11.1 Å². The van der Waals surface area contributed by atoms with Crippen molar-refractivity contribution in [2.24, 2.45) is 5.73 Å². The molecule has 0 heterocycles. The maximum atomic E-state index is 5.20. The molecular formula is C6H13N3S. The zero-order valence-corrected chi connectivity index (χ0v) is 6.95. The number of hydrogen-bond donors (Lipinski definition) is 2. The van der Waals surface area contributed by atoms with Crippen LogP contribution in [-0.2, 0) is 0 Å². The minimum atomic E-state index is 0.345. The predicted octanol–water partition coefficient (Wildman–Crippen LogP) is -0.105. The summed E-state index contributed by atoms with van der Waals surface area (Å²) in [4.78, 5) is 1.95. The molecule has 0 aliphatic rings. The van der Waals surface area contributed by atoms with Gasteiger partial charge in [-0.3, -0.25) is 0 Å². The highest BCUT2D eigenvalue weighted by atomic mass is 32.1. The molecule has 0 saturated heterocycles. The minimum Gasteiger partial charge on any atom is -0.379 e. The van der Waals surface area contributed by atoms with Gasteiger partial charge in [0, 0.05) is 20.1 Å². The van der Waals surface area contributed by atoms with E-state index in [1.807, 2.05) is 11.9 Å². The summed E-state index contributed by atoms with van der Waals surface area (Å²) in [6.45, 7) is 5.22. The molecule has 3 N–H and O–H groups in total. The van der Waals surface area contributed by atoms with Crippen LogP contribution in [0.25, 0.3) is 0 Å². The lowest BCUT2D eigenvalue weighted by Gasteiger charge is -2.12. The first-order valence-corrected chi connectivity index (χ1v) is 3.43. The average molecular weight is 159 g/mol. The van der Waals surface area contributed by atoms with E-state index in [0.29, 0.717) is 5.11 Å².